The lowest BCUT2D eigenvalue weighted by Crippen LogP contribution is -2.33. The summed E-state index contributed by atoms with van der Waals surface area (Å²) in [7, 11) is 0. The van der Waals surface area contributed by atoms with Crippen molar-refractivity contribution in [3.8, 4) is 0 Å². The van der Waals surface area contributed by atoms with Crippen LogP contribution in [0.3, 0.4) is 0 Å². The molecule has 0 radical (unpaired) electrons. The molecule has 0 spiro atoms. The van der Waals surface area contributed by atoms with Gasteiger partial charge in [0, 0.05) is 28.3 Å². The molecule has 0 saturated carbocycles. The zero-order valence-corrected chi connectivity index (χ0v) is 11.4. The fourth-order valence-corrected chi connectivity index (χ4v) is 4.86. The molecule has 4 heteroatoms. The molecule has 96 valence electrons. The van der Waals surface area contributed by atoms with E-state index in [0.29, 0.717) is 16.3 Å². The molecular formula is C14H18N2OS. The Bertz CT molecular complexity index is 451. The average Bonchev–Trinajstić information content (AvgIpc) is 2.37. The normalized spacial score (nSPS) is 31.1. The molecule has 0 aliphatic carbocycles. The van der Waals surface area contributed by atoms with Crippen LogP contribution in [0.5, 0.6) is 0 Å². The van der Waals surface area contributed by atoms with Gasteiger partial charge in [-0.1, -0.05) is 6.42 Å². The quantitative estimate of drug-likeness (QED) is 0.768. The Morgan fingerprint density at radius 1 is 1.33 bits per heavy atom. The number of nitrogens with zero attached hydrogens (tertiary/aromatic N) is 2. The van der Waals surface area contributed by atoms with E-state index in [-0.39, 0.29) is 11.7 Å². The van der Waals surface area contributed by atoms with Crippen LogP contribution in [-0.4, -0.2) is 26.3 Å². The van der Waals surface area contributed by atoms with Crippen LogP contribution in [0.15, 0.2) is 12.3 Å². The van der Waals surface area contributed by atoms with Gasteiger partial charge in [-0.2, -0.15) is 11.8 Å². The van der Waals surface area contributed by atoms with Gasteiger partial charge in [0.15, 0.2) is 5.82 Å². The van der Waals surface area contributed by atoms with E-state index in [9.17, 15) is 4.79 Å². The largest absolute Gasteiger partial charge is 0.290 e. The number of hydrogen-bond donors (Lipinski definition) is 0. The van der Waals surface area contributed by atoms with Crippen molar-refractivity contribution in [2.75, 3.05) is 0 Å². The molecule has 1 aromatic rings. The summed E-state index contributed by atoms with van der Waals surface area (Å²) in [6.45, 7) is 1.91. The van der Waals surface area contributed by atoms with Gasteiger partial charge in [0.05, 0.1) is 0 Å². The maximum atomic E-state index is 12.4. The minimum absolute atomic E-state index is 0.156. The Hall–Kier alpha value is -0.900. The minimum Gasteiger partial charge on any atom is -0.290 e. The summed E-state index contributed by atoms with van der Waals surface area (Å²) >= 11 is 2.10. The number of rotatable bonds is 2. The summed E-state index contributed by atoms with van der Waals surface area (Å²) in [5.41, 5.74) is 0.874. The molecule has 0 aromatic carbocycles. The third-order valence-electron chi connectivity index (χ3n) is 3.92. The van der Waals surface area contributed by atoms with Crippen LogP contribution in [0.25, 0.3) is 0 Å². The van der Waals surface area contributed by atoms with Crippen molar-refractivity contribution in [3.05, 3.63) is 23.8 Å². The third-order valence-corrected chi connectivity index (χ3v) is 5.54. The second-order valence-corrected chi connectivity index (χ2v) is 6.97. The van der Waals surface area contributed by atoms with Crippen molar-refractivity contribution in [2.45, 2.75) is 49.5 Å². The van der Waals surface area contributed by atoms with Crippen LogP contribution in [0.4, 0.5) is 0 Å². The molecule has 2 aliphatic rings. The molecule has 0 amide bonds. The predicted octanol–water partition coefficient (Wildman–Crippen LogP) is 3.03. The molecule has 3 heterocycles. The number of aryl methyl sites for hydroxylation is 1. The fraction of sp³-hybridized carbons (Fsp3) is 0.643. The van der Waals surface area contributed by atoms with Crippen molar-refractivity contribution in [1.29, 1.82) is 0 Å². The Labute approximate surface area is 112 Å². The van der Waals surface area contributed by atoms with Gasteiger partial charge < -0.3 is 0 Å². The molecule has 2 unspecified atom stereocenters. The van der Waals surface area contributed by atoms with Gasteiger partial charge in [0.25, 0.3) is 0 Å². The molecule has 2 atom stereocenters. The standard InChI is InChI=1S/C14H18N2OS/c1-9-5-6-15-14(16-9)13(17)10-7-11-3-2-4-12(8-10)18-11/h5-6,10-12H,2-4,7-8H2,1H3. The van der Waals surface area contributed by atoms with Gasteiger partial charge >= 0.3 is 0 Å². The number of carbonyl (C=O) groups is 1. The summed E-state index contributed by atoms with van der Waals surface area (Å²) in [6.07, 6.45) is 7.63. The monoisotopic (exact) mass is 262 g/mol. The molecule has 2 fully saturated rings. The first-order valence-electron chi connectivity index (χ1n) is 6.71. The van der Waals surface area contributed by atoms with Crippen LogP contribution < -0.4 is 0 Å². The first-order chi connectivity index (χ1) is 8.72. The molecule has 0 N–H and O–H groups in total. The molecule has 2 aliphatic heterocycles. The molecule has 3 rings (SSSR count). The zero-order chi connectivity index (χ0) is 12.5. The lowest BCUT2D eigenvalue weighted by atomic mass is 9.86. The van der Waals surface area contributed by atoms with Gasteiger partial charge in [0.2, 0.25) is 5.78 Å². The number of fused-ring (bicyclic) bond motifs is 2. The van der Waals surface area contributed by atoms with Gasteiger partial charge in [-0.15, -0.1) is 0 Å². The van der Waals surface area contributed by atoms with Crippen molar-refractivity contribution >= 4 is 17.5 Å². The average molecular weight is 262 g/mol. The van der Waals surface area contributed by atoms with Crippen LogP contribution in [-0.2, 0) is 0 Å². The predicted molar refractivity (Wildman–Crippen MR) is 72.8 cm³/mol. The van der Waals surface area contributed by atoms with Crippen LogP contribution in [0, 0.1) is 12.8 Å². The van der Waals surface area contributed by atoms with Gasteiger partial charge in [-0.05, 0) is 38.7 Å². The highest BCUT2D eigenvalue weighted by atomic mass is 32.2. The van der Waals surface area contributed by atoms with E-state index < -0.39 is 0 Å². The van der Waals surface area contributed by atoms with Crippen molar-refractivity contribution in [2.24, 2.45) is 5.92 Å². The number of carbonyl (C=O) groups excluding carboxylic acids is 1. The smallest absolute Gasteiger partial charge is 0.203 e. The molecule has 2 bridgehead atoms. The first-order valence-corrected chi connectivity index (χ1v) is 7.66. The number of ketones is 1. The number of hydrogen-bond acceptors (Lipinski definition) is 4. The fourth-order valence-electron chi connectivity index (χ4n) is 3.02. The van der Waals surface area contributed by atoms with Crippen LogP contribution in [0.2, 0.25) is 0 Å². The van der Waals surface area contributed by atoms with E-state index >= 15 is 0 Å². The third kappa shape index (κ3) is 2.44. The highest BCUT2D eigenvalue weighted by molar-refractivity contribution is 8.00. The maximum absolute atomic E-state index is 12.4. The van der Waals surface area contributed by atoms with Gasteiger partial charge in [-0.3, -0.25) is 4.79 Å². The van der Waals surface area contributed by atoms with Crippen LogP contribution in [0.1, 0.15) is 48.4 Å². The lowest BCUT2D eigenvalue weighted by molar-refractivity contribution is 0.0885. The van der Waals surface area contributed by atoms with Gasteiger partial charge in [-0.25, -0.2) is 9.97 Å². The lowest BCUT2D eigenvalue weighted by Gasteiger charge is -2.37. The minimum atomic E-state index is 0.156. The second kappa shape index (κ2) is 5.00. The summed E-state index contributed by atoms with van der Waals surface area (Å²) in [6, 6.07) is 1.84. The van der Waals surface area contributed by atoms with E-state index in [1.54, 1.807) is 6.20 Å². The summed E-state index contributed by atoms with van der Waals surface area (Å²) < 4.78 is 0. The number of Topliss-reactive ketones (excluding diaryl/α,β-unsaturated/α-hetero) is 1. The highest BCUT2D eigenvalue weighted by Crippen LogP contribution is 2.44. The Balaban J connectivity index is 1.76. The van der Waals surface area contributed by atoms with Crippen molar-refractivity contribution in [1.82, 2.24) is 9.97 Å². The molecule has 3 nitrogen and oxygen atoms in total. The maximum Gasteiger partial charge on any atom is 0.203 e. The summed E-state index contributed by atoms with van der Waals surface area (Å²) in [5.74, 6) is 0.740. The summed E-state index contributed by atoms with van der Waals surface area (Å²) in [4.78, 5) is 20.9. The molecule has 1 aromatic heterocycles. The Kier molecular flexibility index (Phi) is 3.37. The molecular weight excluding hydrogens is 244 g/mol. The van der Waals surface area contributed by atoms with E-state index in [1.165, 1.54) is 19.3 Å². The molecule has 18 heavy (non-hydrogen) atoms. The Morgan fingerprint density at radius 2 is 2.06 bits per heavy atom. The van der Waals surface area contributed by atoms with E-state index in [4.69, 9.17) is 0 Å². The van der Waals surface area contributed by atoms with Crippen molar-refractivity contribution < 1.29 is 4.79 Å². The highest BCUT2D eigenvalue weighted by Gasteiger charge is 2.36. The molecule has 2 saturated heterocycles. The van der Waals surface area contributed by atoms with Gasteiger partial charge in [0.1, 0.15) is 0 Å². The zero-order valence-electron chi connectivity index (χ0n) is 10.6. The SMILES string of the molecule is Cc1ccnc(C(=O)C2CC3CCCC(C2)S3)n1. The van der Waals surface area contributed by atoms with Crippen LogP contribution >= 0.6 is 11.8 Å². The van der Waals surface area contributed by atoms with E-state index in [2.05, 4.69) is 21.7 Å². The second-order valence-electron chi connectivity index (χ2n) is 5.37. The first kappa shape index (κ1) is 12.2. The van der Waals surface area contributed by atoms with E-state index in [1.807, 2.05) is 13.0 Å². The van der Waals surface area contributed by atoms with E-state index in [0.717, 1.165) is 18.5 Å². The number of aromatic nitrogens is 2. The Morgan fingerprint density at radius 3 is 2.72 bits per heavy atom. The van der Waals surface area contributed by atoms with Crippen molar-refractivity contribution in [3.63, 3.8) is 0 Å². The number of thioether (sulfide) groups is 1. The topological polar surface area (TPSA) is 42.9 Å². The summed E-state index contributed by atoms with van der Waals surface area (Å²) in [5, 5.41) is 1.38.